The van der Waals surface area contributed by atoms with Gasteiger partial charge in [0.1, 0.15) is 6.10 Å². The zero-order valence-corrected chi connectivity index (χ0v) is 32.1. The molecule has 3 aromatic carbocycles. The quantitative estimate of drug-likeness (QED) is 0.126. The highest BCUT2D eigenvalue weighted by Gasteiger charge is 2.67. The van der Waals surface area contributed by atoms with Crippen LogP contribution in [0.1, 0.15) is 112 Å². The molecule has 6 nitrogen and oxygen atoms in total. The minimum atomic E-state index is -0.124. The molecule has 2 heterocycles. The van der Waals surface area contributed by atoms with E-state index < -0.39 is 0 Å². The van der Waals surface area contributed by atoms with E-state index in [1.54, 1.807) is 7.11 Å². The fourth-order valence-corrected chi connectivity index (χ4v) is 11.1. The second kappa shape index (κ2) is 16.6. The van der Waals surface area contributed by atoms with Gasteiger partial charge in [0.25, 0.3) is 0 Å². The molecule has 2 saturated carbocycles. The van der Waals surface area contributed by atoms with Gasteiger partial charge in [0, 0.05) is 42.4 Å². The lowest BCUT2D eigenvalue weighted by Crippen LogP contribution is -2.69. The normalized spacial score (nSPS) is 27.9. The predicted octanol–water partition coefficient (Wildman–Crippen LogP) is 8.70. The molecular weight excluding hydrogens is 657 g/mol. The number of aliphatic hydroxyl groups is 1. The summed E-state index contributed by atoms with van der Waals surface area (Å²) in [5.74, 6) is 3.02. The van der Waals surface area contributed by atoms with Gasteiger partial charge in [0.05, 0.1) is 19.3 Å². The molecule has 53 heavy (non-hydrogen) atoms. The molecule has 1 N–H and O–H groups in total. The third-order valence-electron chi connectivity index (χ3n) is 13.8. The van der Waals surface area contributed by atoms with Gasteiger partial charge in [-0.3, -0.25) is 9.69 Å². The van der Waals surface area contributed by atoms with E-state index in [1.807, 2.05) is 0 Å². The Morgan fingerprint density at radius 3 is 2.21 bits per heavy atom. The van der Waals surface area contributed by atoms with E-state index in [9.17, 15) is 9.90 Å². The Bertz CT molecular complexity index is 1660. The summed E-state index contributed by atoms with van der Waals surface area (Å²) in [5.41, 5.74) is 5.50. The number of aryl methyl sites for hydroxylation is 2. The number of likely N-dealkylation sites (tertiary alicyclic amines) is 1. The number of carbonyl (C=O) groups excluding carboxylic acids is 1. The maximum atomic E-state index is 14.5. The smallest absolute Gasteiger partial charge is 0.222 e. The van der Waals surface area contributed by atoms with E-state index >= 15 is 0 Å². The zero-order chi connectivity index (χ0) is 36.2. The van der Waals surface area contributed by atoms with E-state index in [0.717, 1.165) is 88.9 Å². The Kier molecular flexibility index (Phi) is 11.4. The number of nitrogens with zero attached hydrogens (tertiary/aromatic N) is 2. The van der Waals surface area contributed by atoms with Crippen LogP contribution in [0.15, 0.2) is 72.8 Å². The number of carbonyl (C=O) groups is 1. The number of hydrogen-bond acceptors (Lipinski definition) is 5. The van der Waals surface area contributed by atoms with Crippen LogP contribution in [0.2, 0.25) is 0 Å². The van der Waals surface area contributed by atoms with Crippen LogP contribution < -0.4 is 9.47 Å². The van der Waals surface area contributed by atoms with Crippen molar-refractivity contribution in [2.24, 2.45) is 11.8 Å². The first-order valence-electron chi connectivity index (χ1n) is 21.2. The molecule has 0 aromatic heterocycles. The van der Waals surface area contributed by atoms with Crippen LogP contribution in [0.5, 0.6) is 11.5 Å². The molecule has 3 aromatic rings. The predicted molar refractivity (Wildman–Crippen MR) is 212 cm³/mol. The Morgan fingerprint density at radius 1 is 0.868 bits per heavy atom. The molecule has 0 radical (unpaired) electrons. The van der Waals surface area contributed by atoms with Crippen LogP contribution in [0.4, 0.5) is 0 Å². The average Bonchev–Trinajstić information content (AvgIpc) is 3.77. The van der Waals surface area contributed by atoms with Crippen molar-refractivity contribution in [2.75, 3.05) is 26.7 Å². The summed E-state index contributed by atoms with van der Waals surface area (Å²) in [5, 5.41) is 10.2. The van der Waals surface area contributed by atoms with Crippen molar-refractivity contribution in [2.45, 2.75) is 139 Å². The highest BCUT2D eigenvalue weighted by atomic mass is 16.5. The maximum absolute atomic E-state index is 14.5. The van der Waals surface area contributed by atoms with Gasteiger partial charge in [0.2, 0.25) is 5.91 Å². The van der Waals surface area contributed by atoms with Crippen molar-refractivity contribution >= 4 is 5.91 Å². The Hall–Kier alpha value is -3.35. The van der Waals surface area contributed by atoms with E-state index in [4.69, 9.17) is 9.47 Å². The van der Waals surface area contributed by atoms with Crippen LogP contribution in [-0.2, 0) is 29.5 Å². The number of unbranched alkanes of at least 4 members (excludes halogenated alkanes) is 7. The minimum Gasteiger partial charge on any atom is -0.493 e. The zero-order valence-electron chi connectivity index (χ0n) is 32.1. The summed E-state index contributed by atoms with van der Waals surface area (Å²) >= 11 is 0. The number of ether oxygens (including phenoxy) is 2. The molecule has 2 bridgehead atoms. The minimum absolute atomic E-state index is 0.0506. The second-order valence-corrected chi connectivity index (χ2v) is 17.0. The molecule has 8 rings (SSSR count). The monoisotopic (exact) mass is 718 g/mol. The van der Waals surface area contributed by atoms with Crippen molar-refractivity contribution < 1.29 is 19.4 Å². The van der Waals surface area contributed by atoms with Crippen LogP contribution in [0, 0.1) is 11.8 Å². The third-order valence-corrected chi connectivity index (χ3v) is 13.8. The summed E-state index contributed by atoms with van der Waals surface area (Å²) in [6.45, 7) is 2.81. The first-order chi connectivity index (χ1) is 26.1. The number of methoxy groups -OCH3 is 1. The molecule has 1 saturated heterocycles. The summed E-state index contributed by atoms with van der Waals surface area (Å²) in [6.07, 6.45) is 18.5. The van der Waals surface area contributed by atoms with Gasteiger partial charge >= 0.3 is 0 Å². The number of amides is 1. The average molecular weight is 719 g/mol. The molecule has 6 heteroatoms. The molecule has 1 amide bonds. The second-order valence-electron chi connectivity index (χ2n) is 17.0. The Balaban J connectivity index is 0.930. The van der Waals surface area contributed by atoms with E-state index in [0.29, 0.717) is 30.2 Å². The summed E-state index contributed by atoms with van der Waals surface area (Å²) in [4.78, 5) is 19.5. The molecule has 3 aliphatic carbocycles. The van der Waals surface area contributed by atoms with Crippen molar-refractivity contribution in [3.05, 3.63) is 95.1 Å². The first kappa shape index (κ1) is 36.6. The molecule has 284 valence electrons. The van der Waals surface area contributed by atoms with Gasteiger partial charge < -0.3 is 19.5 Å². The highest BCUT2D eigenvalue weighted by molar-refractivity contribution is 5.77. The fourth-order valence-electron chi connectivity index (χ4n) is 11.1. The van der Waals surface area contributed by atoms with Crippen molar-refractivity contribution in [1.29, 1.82) is 0 Å². The van der Waals surface area contributed by atoms with Crippen molar-refractivity contribution in [3.8, 4) is 11.5 Å². The molecule has 7 atom stereocenters. The number of hydrogen-bond donors (Lipinski definition) is 1. The number of benzene rings is 3. The van der Waals surface area contributed by atoms with Gasteiger partial charge in [-0.2, -0.15) is 0 Å². The van der Waals surface area contributed by atoms with Crippen LogP contribution >= 0.6 is 0 Å². The van der Waals surface area contributed by atoms with Crippen molar-refractivity contribution in [1.82, 2.24) is 9.80 Å². The third kappa shape index (κ3) is 7.65. The summed E-state index contributed by atoms with van der Waals surface area (Å²) < 4.78 is 13.2. The van der Waals surface area contributed by atoms with Gasteiger partial charge in [-0.25, -0.2) is 0 Å². The number of rotatable bonds is 19. The Morgan fingerprint density at radius 2 is 1.53 bits per heavy atom. The lowest BCUT2D eigenvalue weighted by atomic mass is 9.51. The largest absolute Gasteiger partial charge is 0.493 e. The van der Waals surface area contributed by atoms with Crippen LogP contribution in [-0.4, -0.2) is 71.8 Å². The Labute approximate surface area is 318 Å². The van der Waals surface area contributed by atoms with Gasteiger partial charge in [-0.15, -0.1) is 0 Å². The lowest BCUT2D eigenvalue weighted by molar-refractivity contribution is -0.143. The van der Waals surface area contributed by atoms with Gasteiger partial charge in [-0.05, 0) is 99.4 Å². The van der Waals surface area contributed by atoms with E-state index in [2.05, 4.69) is 82.6 Å². The maximum Gasteiger partial charge on any atom is 0.222 e. The van der Waals surface area contributed by atoms with Crippen LogP contribution in [0.3, 0.4) is 0 Å². The molecule has 2 aliphatic heterocycles. The lowest BCUT2D eigenvalue weighted by Gasteiger charge is -2.60. The SMILES string of the molecule is COc1ccc2c3c1O[C@H]1[C@@H](N(CCCc4ccccc4)C(=O)CCCCCCCCCCc4ccccc4)CC[C@H]4[C@@H](C2)N(CC2CC2O)CC[C@@]341. The topological polar surface area (TPSA) is 62.2 Å². The standard InChI is InChI=1S/C47H62N2O4/c1-52-42-27-24-36-31-40-38-25-26-39(46-47(38,44(36)45(42)53-46)28-30-48(40)33-37-32-41(37)50)49(29-16-22-35-20-13-9-14-21-35)43(51)23-15-7-5-3-2-4-6-10-17-34-18-11-8-12-19-34/h8-9,11-14,18-21,24,27,37-41,46,50H,2-7,10,15-17,22-23,25-26,28-33H2,1H3/t37?,38-,39-,40+,41?,46-,47-/m0/s1. The molecule has 5 aliphatic rings. The number of aliphatic hydroxyl groups excluding tert-OH is 1. The summed E-state index contributed by atoms with van der Waals surface area (Å²) in [7, 11) is 1.76. The van der Waals surface area contributed by atoms with Crippen LogP contribution in [0.25, 0.3) is 0 Å². The highest BCUT2D eigenvalue weighted by Crippen LogP contribution is 2.64. The summed E-state index contributed by atoms with van der Waals surface area (Å²) in [6, 6.07) is 26.5. The molecule has 3 fully saturated rings. The molecule has 2 unspecified atom stereocenters. The fraction of sp³-hybridized carbons (Fsp3) is 0.596. The number of piperidine rings is 1. The van der Waals surface area contributed by atoms with Crippen molar-refractivity contribution in [3.63, 3.8) is 0 Å². The van der Waals surface area contributed by atoms with Gasteiger partial charge in [-0.1, -0.05) is 105 Å². The molecule has 1 spiro atoms. The van der Waals surface area contributed by atoms with E-state index in [-0.39, 0.29) is 23.7 Å². The van der Waals surface area contributed by atoms with Gasteiger partial charge in [0.15, 0.2) is 11.5 Å². The molecular formula is C47H62N2O4. The first-order valence-corrected chi connectivity index (χ1v) is 21.2. The van der Waals surface area contributed by atoms with E-state index in [1.165, 1.54) is 67.2 Å².